The van der Waals surface area contributed by atoms with Crippen molar-refractivity contribution in [2.75, 3.05) is 13.2 Å². The highest BCUT2D eigenvalue weighted by Gasteiger charge is 2.44. The van der Waals surface area contributed by atoms with Gasteiger partial charge in [0.15, 0.2) is 0 Å². The Kier molecular flexibility index (Phi) is 12.5. The first-order valence-corrected chi connectivity index (χ1v) is 11.4. The minimum Gasteiger partial charge on any atom is -0.465 e. The molecule has 1 aliphatic heterocycles. The number of carbonyl (C=O) groups is 2. The molecule has 2 rings (SSSR count). The van der Waals surface area contributed by atoms with Crippen molar-refractivity contribution in [1.82, 2.24) is 0 Å². The highest BCUT2D eigenvalue weighted by molar-refractivity contribution is 5.76. The second-order valence-corrected chi connectivity index (χ2v) is 9.96. The first kappa shape index (κ1) is 28.6. The van der Waals surface area contributed by atoms with Crippen molar-refractivity contribution in [3.63, 3.8) is 0 Å². The van der Waals surface area contributed by atoms with E-state index in [2.05, 4.69) is 13.2 Å². The second kappa shape index (κ2) is 13.1. The van der Waals surface area contributed by atoms with Crippen LogP contribution in [0.4, 0.5) is 0 Å². The van der Waals surface area contributed by atoms with E-state index in [1.54, 1.807) is 0 Å². The molecule has 2 fully saturated rings. The monoisotopic (exact) mass is 426 g/mol. The molecule has 176 valence electrons. The summed E-state index contributed by atoms with van der Waals surface area (Å²) in [6, 6.07) is 0. The molecule has 5 heteroatoms. The molecule has 0 aromatic heterocycles. The minimum absolute atomic E-state index is 0.0613. The van der Waals surface area contributed by atoms with Gasteiger partial charge in [-0.1, -0.05) is 27.7 Å². The van der Waals surface area contributed by atoms with Crippen molar-refractivity contribution in [3.05, 3.63) is 13.2 Å². The molecule has 0 aromatic carbocycles. The number of epoxide rings is 1. The first-order valence-electron chi connectivity index (χ1n) is 11.4. The van der Waals surface area contributed by atoms with Crippen LogP contribution < -0.4 is 0 Å². The van der Waals surface area contributed by atoms with Gasteiger partial charge in [-0.2, -0.15) is 0 Å². The molecular formula is C25H46O5. The van der Waals surface area contributed by atoms with E-state index in [-0.39, 0.29) is 22.8 Å². The van der Waals surface area contributed by atoms with Crippen molar-refractivity contribution in [2.45, 2.75) is 99.7 Å². The summed E-state index contributed by atoms with van der Waals surface area (Å²) < 4.78 is 16.0. The normalized spacial score (nSPS) is 22.5. The van der Waals surface area contributed by atoms with E-state index in [4.69, 9.17) is 14.2 Å². The van der Waals surface area contributed by atoms with Gasteiger partial charge in [0.25, 0.3) is 0 Å². The molecule has 1 heterocycles. The Morgan fingerprint density at radius 2 is 1.43 bits per heavy atom. The van der Waals surface area contributed by atoms with E-state index in [9.17, 15) is 9.59 Å². The second-order valence-electron chi connectivity index (χ2n) is 9.96. The molecule has 0 spiro atoms. The van der Waals surface area contributed by atoms with Crippen LogP contribution in [-0.2, 0) is 23.8 Å². The van der Waals surface area contributed by atoms with Crippen molar-refractivity contribution in [1.29, 1.82) is 0 Å². The Morgan fingerprint density at radius 1 is 0.933 bits per heavy atom. The van der Waals surface area contributed by atoms with Gasteiger partial charge in [0.05, 0.1) is 36.3 Å². The Morgan fingerprint density at radius 3 is 1.87 bits per heavy atom. The zero-order chi connectivity index (χ0) is 23.5. The molecule has 5 nitrogen and oxygen atoms in total. The minimum atomic E-state index is -0.340. The molecule has 1 saturated carbocycles. The summed E-state index contributed by atoms with van der Waals surface area (Å²) in [6.07, 6.45) is 6.00. The lowest BCUT2D eigenvalue weighted by Crippen LogP contribution is -2.29. The molecule has 1 aliphatic carbocycles. The van der Waals surface area contributed by atoms with Gasteiger partial charge in [0, 0.05) is 0 Å². The van der Waals surface area contributed by atoms with E-state index in [0.717, 1.165) is 32.1 Å². The molecule has 0 aromatic rings. The maximum atomic E-state index is 11.8. The number of hydrogen-bond donors (Lipinski definition) is 0. The third kappa shape index (κ3) is 10.1. The quantitative estimate of drug-likeness (QED) is 0.272. The molecule has 0 radical (unpaired) electrons. The van der Waals surface area contributed by atoms with Crippen LogP contribution in [0.25, 0.3) is 0 Å². The summed E-state index contributed by atoms with van der Waals surface area (Å²) in [7, 11) is 0. The molecular weight excluding hydrogens is 380 g/mol. The summed E-state index contributed by atoms with van der Waals surface area (Å²) in [5.41, 5.74) is -0.665. The van der Waals surface area contributed by atoms with Crippen LogP contribution in [0.15, 0.2) is 13.2 Å². The summed E-state index contributed by atoms with van der Waals surface area (Å²) in [4.78, 5) is 23.2. The molecule has 1 saturated heterocycles. The van der Waals surface area contributed by atoms with Gasteiger partial charge in [-0.3, -0.25) is 9.59 Å². The summed E-state index contributed by atoms with van der Waals surface area (Å²) in [6.45, 7) is 22.9. The third-order valence-electron chi connectivity index (χ3n) is 5.98. The zero-order valence-electron chi connectivity index (χ0n) is 20.7. The predicted molar refractivity (Wildman–Crippen MR) is 122 cm³/mol. The predicted octanol–water partition coefficient (Wildman–Crippen LogP) is 5.96. The van der Waals surface area contributed by atoms with Gasteiger partial charge in [-0.25, -0.2) is 0 Å². The maximum Gasteiger partial charge on any atom is 0.311 e. The first-order chi connectivity index (χ1) is 13.9. The molecule has 2 aliphatic rings. The fourth-order valence-electron chi connectivity index (χ4n) is 2.75. The van der Waals surface area contributed by atoms with Crippen molar-refractivity contribution >= 4 is 11.9 Å². The molecule has 0 N–H and O–H groups in total. The van der Waals surface area contributed by atoms with Crippen molar-refractivity contribution in [3.8, 4) is 0 Å². The van der Waals surface area contributed by atoms with Crippen LogP contribution in [0.1, 0.15) is 87.5 Å². The topological polar surface area (TPSA) is 65.1 Å². The molecule has 0 bridgehead atoms. The van der Waals surface area contributed by atoms with Gasteiger partial charge in [0.1, 0.15) is 0 Å². The lowest BCUT2D eigenvalue weighted by atomic mass is 9.89. The third-order valence-corrected chi connectivity index (χ3v) is 5.98. The number of ether oxygens (including phenoxy) is 3. The highest BCUT2D eigenvalue weighted by Crippen LogP contribution is 2.39. The lowest BCUT2D eigenvalue weighted by Gasteiger charge is -2.24. The summed E-state index contributed by atoms with van der Waals surface area (Å²) >= 11 is 0. The van der Waals surface area contributed by atoms with Crippen LogP contribution in [0.5, 0.6) is 0 Å². The molecule has 30 heavy (non-hydrogen) atoms. The number of hydrogen-bond acceptors (Lipinski definition) is 5. The van der Waals surface area contributed by atoms with Gasteiger partial charge in [0.2, 0.25) is 0 Å². The lowest BCUT2D eigenvalue weighted by molar-refractivity contribution is -0.156. The SMILES string of the molecule is C=C.CCC(C)(C)C(=O)OCC(C)C.CCC(C)(C)C(=O)OCC1CCC2OC2C1. The average molecular weight is 427 g/mol. The van der Waals surface area contributed by atoms with Gasteiger partial charge >= 0.3 is 11.9 Å². The van der Waals surface area contributed by atoms with E-state index in [1.807, 2.05) is 55.4 Å². The fraction of sp³-hybridized carbons (Fsp3) is 0.840. The van der Waals surface area contributed by atoms with E-state index >= 15 is 0 Å². The maximum absolute atomic E-state index is 11.8. The Balaban J connectivity index is 0.000000540. The van der Waals surface area contributed by atoms with Gasteiger partial charge in [-0.05, 0) is 71.6 Å². The molecule has 3 unspecified atom stereocenters. The molecule has 3 atom stereocenters. The van der Waals surface area contributed by atoms with Gasteiger partial charge in [-0.15, -0.1) is 13.2 Å². The van der Waals surface area contributed by atoms with Crippen LogP contribution in [-0.4, -0.2) is 37.4 Å². The standard InChI is InChI=1S/C13H22O3.C10H20O2.C2H4/c1-4-13(2,3)12(14)15-8-9-5-6-10-11(7-9)16-10;1-6-10(4,5)9(11)12-7-8(2)3;1-2/h9-11H,4-8H2,1-3H3;8H,6-7H2,1-5H3;1-2H2. The van der Waals surface area contributed by atoms with Crippen LogP contribution >= 0.6 is 0 Å². The summed E-state index contributed by atoms with van der Waals surface area (Å²) in [5.74, 6) is 0.787. The number of carbonyl (C=O) groups excluding carboxylic acids is 2. The largest absolute Gasteiger partial charge is 0.465 e. The van der Waals surface area contributed by atoms with E-state index in [0.29, 0.717) is 37.3 Å². The highest BCUT2D eigenvalue weighted by atomic mass is 16.6. The zero-order valence-corrected chi connectivity index (χ0v) is 20.7. The van der Waals surface area contributed by atoms with E-state index in [1.165, 1.54) is 0 Å². The number of rotatable bonds is 8. The van der Waals surface area contributed by atoms with Crippen LogP contribution in [0.2, 0.25) is 0 Å². The van der Waals surface area contributed by atoms with Gasteiger partial charge < -0.3 is 14.2 Å². The van der Waals surface area contributed by atoms with Crippen LogP contribution in [0.3, 0.4) is 0 Å². The fourth-order valence-corrected chi connectivity index (χ4v) is 2.75. The Bertz CT molecular complexity index is 524. The number of esters is 2. The number of fused-ring (bicyclic) bond motifs is 1. The van der Waals surface area contributed by atoms with E-state index < -0.39 is 0 Å². The smallest absolute Gasteiger partial charge is 0.311 e. The Hall–Kier alpha value is -1.36. The van der Waals surface area contributed by atoms with Crippen molar-refractivity contribution < 1.29 is 23.8 Å². The van der Waals surface area contributed by atoms with Crippen LogP contribution in [0, 0.1) is 22.7 Å². The van der Waals surface area contributed by atoms with Crippen molar-refractivity contribution in [2.24, 2.45) is 22.7 Å². The summed E-state index contributed by atoms with van der Waals surface area (Å²) in [5, 5.41) is 0. The Labute approximate surface area is 184 Å². The average Bonchev–Trinajstić information content (AvgIpc) is 3.50. The molecule has 0 amide bonds.